The van der Waals surface area contributed by atoms with E-state index >= 15 is 0 Å². The van der Waals surface area contributed by atoms with Crippen LogP contribution in [0.5, 0.6) is 0 Å². The molecule has 25 heavy (non-hydrogen) atoms. The minimum Gasteiger partial charge on any atom is -0.381 e. The maximum Gasteiger partial charge on any atom is 0.320 e. The summed E-state index contributed by atoms with van der Waals surface area (Å²) >= 11 is 0. The number of amides is 1. The summed E-state index contributed by atoms with van der Waals surface area (Å²) in [7, 11) is 0. The maximum atomic E-state index is 13.4. The van der Waals surface area contributed by atoms with Gasteiger partial charge in [-0.15, -0.1) is 0 Å². The highest BCUT2D eigenvalue weighted by Gasteiger charge is 2.26. The molecule has 6 nitrogen and oxygen atoms in total. The number of benzene rings is 1. The van der Waals surface area contributed by atoms with E-state index in [0.717, 1.165) is 17.4 Å². The molecule has 1 saturated heterocycles. The zero-order chi connectivity index (χ0) is 17.8. The molecule has 1 aromatic heterocycles. The first kappa shape index (κ1) is 17.8. The van der Waals surface area contributed by atoms with E-state index < -0.39 is 12.6 Å². The van der Waals surface area contributed by atoms with Gasteiger partial charge in [-0.1, -0.05) is 12.1 Å². The van der Waals surface area contributed by atoms with E-state index in [2.05, 4.69) is 10.3 Å². The number of aromatic nitrogens is 2. The molecule has 136 valence electrons. The van der Waals surface area contributed by atoms with Gasteiger partial charge >= 0.3 is 6.55 Å². The lowest BCUT2D eigenvalue weighted by molar-refractivity contribution is -0.124. The van der Waals surface area contributed by atoms with Crippen molar-refractivity contribution in [3.05, 3.63) is 30.1 Å². The van der Waals surface area contributed by atoms with Crippen LogP contribution in [-0.4, -0.2) is 41.3 Å². The van der Waals surface area contributed by atoms with Crippen LogP contribution < -0.4 is 11.1 Å². The van der Waals surface area contributed by atoms with Gasteiger partial charge in [0.05, 0.1) is 17.1 Å². The molecule has 0 spiro atoms. The molecule has 3 N–H and O–H groups in total. The highest BCUT2D eigenvalue weighted by molar-refractivity contribution is 5.81. The zero-order valence-electron chi connectivity index (χ0n) is 13.8. The Morgan fingerprint density at radius 2 is 2.08 bits per heavy atom. The number of ether oxygens (including phenoxy) is 1. The monoisotopic (exact) mass is 352 g/mol. The smallest absolute Gasteiger partial charge is 0.320 e. The number of halogens is 2. The number of carbonyl (C=O) groups excluding carboxylic acids is 1. The number of fused-ring (bicyclic) bond motifs is 1. The van der Waals surface area contributed by atoms with Crippen molar-refractivity contribution in [1.29, 1.82) is 0 Å². The number of para-hydroxylation sites is 2. The van der Waals surface area contributed by atoms with Crippen molar-refractivity contribution in [2.75, 3.05) is 19.8 Å². The number of hydrogen-bond donors (Lipinski definition) is 2. The molecule has 1 unspecified atom stereocenters. The molecule has 0 saturated carbocycles. The van der Waals surface area contributed by atoms with Gasteiger partial charge in [-0.25, -0.2) is 4.98 Å². The van der Waals surface area contributed by atoms with Gasteiger partial charge in [0.15, 0.2) is 0 Å². The molecular weight excluding hydrogens is 330 g/mol. The molecule has 0 aliphatic carbocycles. The van der Waals surface area contributed by atoms with Crippen LogP contribution in [0.3, 0.4) is 0 Å². The molecule has 0 radical (unpaired) electrons. The third kappa shape index (κ3) is 3.96. The summed E-state index contributed by atoms with van der Waals surface area (Å²) in [6.07, 6.45) is 1.73. The molecule has 1 aromatic carbocycles. The van der Waals surface area contributed by atoms with Gasteiger partial charge in [-0.3, -0.25) is 9.36 Å². The van der Waals surface area contributed by atoms with Crippen LogP contribution in [-0.2, 0) is 16.0 Å². The van der Waals surface area contributed by atoms with E-state index in [1.165, 1.54) is 0 Å². The van der Waals surface area contributed by atoms with Crippen LogP contribution in [0.25, 0.3) is 11.0 Å². The van der Waals surface area contributed by atoms with Gasteiger partial charge in [0.1, 0.15) is 5.82 Å². The highest BCUT2D eigenvalue weighted by atomic mass is 19.3. The minimum atomic E-state index is -2.68. The quantitative estimate of drug-likeness (QED) is 0.831. The fourth-order valence-electron chi connectivity index (χ4n) is 3.19. The largest absolute Gasteiger partial charge is 0.381 e. The molecule has 0 bridgehead atoms. The van der Waals surface area contributed by atoms with Gasteiger partial charge in [-0.05, 0) is 30.9 Å². The number of imidazole rings is 1. The van der Waals surface area contributed by atoms with E-state index in [4.69, 9.17) is 10.5 Å². The highest BCUT2D eigenvalue weighted by Crippen LogP contribution is 2.23. The van der Waals surface area contributed by atoms with Gasteiger partial charge < -0.3 is 15.8 Å². The standard InChI is InChI=1S/C17H22F2N4O2/c18-17(19)23-13-4-2-1-3-12(13)22-14(23)5-8-21-16(24)15(20)11-6-9-25-10-7-11/h1-4,11,15,17H,5-10,20H2,(H,21,24). The van der Waals surface area contributed by atoms with Gasteiger partial charge in [0, 0.05) is 26.2 Å². The summed E-state index contributed by atoms with van der Waals surface area (Å²) < 4.78 is 32.9. The second-order valence-corrected chi connectivity index (χ2v) is 6.18. The Kier molecular flexibility index (Phi) is 5.60. The van der Waals surface area contributed by atoms with Crippen LogP contribution in [0.1, 0.15) is 25.2 Å². The zero-order valence-corrected chi connectivity index (χ0v) is 13.8. The number of carbonyl (C=O) groups is 1. The van der Waals surface area contributed by atoms with E-state index in [9.17, 15) is 13.6 Å². The second kappa shape index (κ2) is 7.88. The Labute approximate surface area is 144 Å². The Balaban J connectivity index is 1.61. The number of nitrogens with zero attached hydrogens (tertiary/aromatic N) is 2. The average molecular weight is 352 g/mol. The minimum absolute atomic E-state index is 0.0967. The Bertz CT molecular complexity index is 729. The Hall–Kier alpha value is -2.06. The average Bonchev–Trinajstić information content (AvgIpc) is 3.00. The maximum absolute atomic E-state index is 13.4. The van der Waals surface area contributed by atoms with E-state index in [1.54, 1.807) is 24.3 Å². The van der Waals surface area contributed by atoms with E-state index in [0.29, 0.717) is 24.2 Å². The number of alkyl halides is 2. The summed E-state index contributed by atoms with van der Waals surface area (Å²) in [5, 5.41) is 2.74. The first-order valence-corrected chi connectivity index (χ1v) is 8.43. The predicted octanol–water partition coefficient (Wildman–Crippen LogP) is 1.84. The molecule has 3 rings (SSSR count). The fraction of sp³-hybridized carbons (Fsp3) is 0.529. The molecule has 8 heteroatoms. The summed E-state index contributed by atoms with van der Waals surface area (Å²) in [6, 6.07) is 6.15. The van der Waals surface area contributed by atoms with Crippen molar-refractivity contribution in [3.8, 4) is 0 Å². The number of rotatable bonds is 6. The van der Waals surface area contributed by atoms with Crippen molar-refractivity contribution in [2.24, 2.45) is 11.7 Å². The lowest BCUT2D eigenvalue weighted by atomic mass is 9.92. The van der Waals surface area contributed by atoms with Crippen molar-refractivity contribution < 1.29 is 18.3 Å². The first-order chi connectivity index (χ1) is 12.1. The molecular formula is C17H22F2N4O2. The summed E-state index contributed by atoms with van der Waals surface area (Å²) in [6.45, 7) is -1.23. The molecule has 1 fully saturated rings. The van der Waals surface area contributed by atoms with Crippen molar-refractivity contribution in [3.63, 3.8) is 0 Å². The number of nitrogens with one attached hydrogen (secondary N) is 1. The lowest BCUT2D eigenvalue weighted by Gasteiger charge is -2.26. The van der Waals surface area contributed by atoms with Gasteiger partial charge in [0.25, 0.3) is 0 Å². The number of nitrogens with two attached hydrogens (primary N) is 1. The summed E-state index contributed by atoms with van der Waals surface area (Å²) in [4.78, 5) is 16.4. The second-order valence-electron chi connectivity index (χ2n) is 6.18. The first-order valence-electron chi connectivity index (χ1n) is 8.43. The third-order valence-corrected chi connectivity index (χ3v) is 4.59. The summed E-state index contributed by atoms with van der Waals surface area (Å²) in [5.74, 6) is 0.0853. The van der Waals surface area contributed by atoms with Crippen LogP contribution in [0, 0.1) is 5.92 Å². The van der Waals surface area contributed by atoms with Crippen LogP contribution in [0.4, 0.5) is 8.78 Å². The molecule has 1 amide bonds. The third-order valence-electron chi connectivity index (χ3n) is 4.59. The lowest BCUT2D eigenvalue weighted by Crippen LogP contribution is -2.47. The van der Waals surface area contributed by atoms with Crippen LogP contribution in [0.2, 0.25) is 0 Å². The van der Waals surface area contributed by atoms with Gasteiger partial charge in [-0.2, -0.15) is 8.78 Å². The Morgan fingerprint density at radius 1 is 1.36 bits per heavy atom. The SMILES string of the molecule is NC(C(=O)NCCc1nc2ccccc2n1C(F)F)C1CCOCC1. The van der Waals surface area contributed by atoms with Crippen molar-refractivity contribution >= 4 is 16.9 Å². The van der Waals surface area contributed by atoms with E-state index in [1.807, 2.05) is 0 Å². The predicted molar refractivity (Wildman–Crippen MR) is 89.2 cm³/mol. The van der Waals surface area contributed by atoms with Crippen molar-refractivity contribution in [1.82, 2.24) is 14.9 Å². The molecule has 1 atom stereocenters. The summed E-state index contributed by atoms with van der Waals surface area (Å²) in [5.41, 5.74) is 6.91. The number of hydrogen-bond acceptors (Lipinski definition) is 4. The van der Waals surface area contributed by atoms with Crippen LogP contribution >= 0.6 is 0 Å². The molecule has 1 aliphatic rings. The van der Waals surface area contributed by atoms with Gasteiger partial charge in [0.2, 0.25) is 5.91 Å². The molecule has 1 aliphatic heterocycles. The Morgan fingerprint density at radius 3 is 2.80 bits per heavy atom. The molecule has 2 heterocycles. The molecule has 2 aromatic rings. The van der Waals surface area contributed by atoms with Crippen LogP contribution in [0.15, 0.2) is 24.3 Å². The van der Waals surface area contributed by atoms with Crippen molar-refractivity contribution in [2.45, 2.75) is 31.9 Å². The fourth-order valence-corrected chi connectivity index (χ4v) is 3.19. The van der Waals surface area contributed by atoms with E-state index in [-0.39, 0.29) is 30.6 Å². The topological polar surface area (TPSA) is 82.2 Å². The normalized spacial score (nSPS) is 17.1.